The molecule has 1 rings (SSSR count). The van der Waals surface area contributed by atoms with Gasteiger partial charge >= 0.3 is 12.1 Å². The predicted octanol–water partition coefficient (Wildman–Crippen LogP) is 2.68. The lowest BCUT2D eigenvalue weighted by atomic mass is 10.00. The highest BCUT2D eigenvalue weighted by Gasteiger charge is 2.57. The van der Waals surface area contributed by atoms with E-state index in [1.807, 2.05) is 5.32 Å². The van der Waals surface area contributed by atoms with E-state index in [1.165, 1.54) is 18.2 Å². The van der Waals surface area contributed by atoms with Crippen molar-refractivity contribution >= 4 is 11.7 Å². The van der Waals surface area contributed by atoms with Crippen molar-refractivity contribution in [2.45, 2.75) is 25.6 Å². The molecule has 0 saturated heterocycles. The molecule has 102 valence electrons. The van der Waals surface area contributed by atoms with Crippen LogP contribution in [0.5, 0.6) is 0 Å². The second-order valence-electron chi connectivity index (χ2n) is 4.21. The van der Waals surface area contributed by atoms with E-state index in [0.29, 0.717) is 12.5 Å². The molecule has 1 unspecified atom stereocenters. The first-order chi connectivity index (χ1) is 8.61. The molecule has 2 N–H and O–H groups in total. The van der Waals surface area contributed by atoms with E-state index in [4.69, 9.17) is 10.4 Å². The number of hydrogen-bond donors (Lipinski definition) is 2. The number of anilines is 1. The molecule has 1 atom stereocenters. The molecule has 0 bridgehead atoms. The van der Waals surface area contributed by atoms with Gasteiger partial charge in [0.2, 0.25) is 5.54 Å². The topological polar surface area (TPSA) is 73.1 Å². The molecule has 1 aromatic carbocycles. The zero-order valence-corrected chi connectivity index (χ0v) is 10.2. The minimum atomic E-state index is -5.00. The number of carboxylic acid groups (broad SMARTS) is 1. The lowest BCUT2D eigenvalue weighted by Crippen LogP contribution is -2.55. The fourth-order valence-electron chi connectivity index (χ4n) is 1.37. The van der Waals surface area contributed by atoms with E-state index in [2.05, 4.69) is 0 Å². The van der Waals surface area contributed by atoms with Crippen molar-refractivity contribution in [1.29, 1.82) is 5.26 Å². The zero-order valence-electron chi connectivity index (χ0n) is 10.2. The molecule has 0 fully saturated rings. The molecule has 0 aliphatic carbocycles. The van der Waals surface area contributed by atoms with E-state index in [1.54, 1.807) is 13.0 Å². The van der Waals surface area contributed by atoms with E-state index in [-0.39, 0.29) is 11.3 Å². The van der Waals surface area contributed by atoms with Crippen molar-refractivity contribution < 1.29 is 23.1 Å². The number of nitriles is 1. The maximum Gasteiger partial charge on any atom is 0.422 e. The van der Waals surface area contributed by atoms with Crippen molar-refractivity contribution in [1.82, 2.24) is 0 Å². The van der Waals surface area contributed by atoms with Crippen LogP contribution in [0.15, 0.2) is 18.2 Å². The third-order valence-electron chi connectivity index (χ3n) is 2.67. The van der Waals surface area contributed by atoms with Crippen LogP contribution in [0.25, 0.3) is 0 Å². The summed E-state index contributed by atoms with van der Waals surface area (Å²) in [5.41, 5.74) is -2.69. The Kier molecular flexibility index (Phi) is 3.75. The average Bonchev–Trinajstić information content (AvgIpc) is 2.29. The van der Waals surface area contributed by atoms with Crippen LogP contribution in [0.2, 0.25) is 0 Å². The van der Waals surface area contributed by atoms with Crippen LogP contribution in [-0.4, -0.2) is 22.8 Å². The number of nitrogens with one attached hydrogen (secondary N) is 1. The molecule has 0 aromatic heterocycles. The minimum Gasteiger partial charge on any atom is -0.479 e. The third-order valence-corrected chi connectivity index (χ3v) is 2.67. The van der Waals surface area contributed by atoms with Crippen molar-refractivity contribution in [3.8, 4) is 6.07 Å². The molecule has 0 heterocycles. The third kappa shape index (κ3) is 2.78. The number of alkyl halides is 3. The Bertz CT molecular complexity index is 549. The summed E-state index contributed by atoms with van der Waals surface area (Å²) in [4.78, 5) is 10.9. The highest BCUT2D eigenvalue weighted by Crippen LogP contribution is 2.34. The number of carboxylic acids is 1. The van der Waals surface area contributed by atoms with Gasteiger partial charge in [-0.1, -0.05) is 6.07 Å². The van der Waals surface area contributed by atoms with Crippen molar-refractivity contribution in [3.63, 3.8) is 0 Å². The molecule has 0 spiro atoms. The van der Waals surface area contributed by atoms with Crippen LogP contribution in [0.3, 0.4) is 0 Å². The number of halogens is 3. The number of carbonyl (C=O) groups is 1. The normalized spacial score (nSPS) is 14.3. The van der Waals surface area contributed by atoms with Crippen LogP contribution < -0.4 is 5.32 Å². The van der Waals surface area contributed by atoms with E-state index in [0.717, 1.165) is 0 Å². The van der Waals surface area contributed by atoms with Gasteiger partial charge in [-0.2, -0.15) is 18.4 Å². The van der Waals surface area contributed by atoms with Gasteiger partial charge < -0.3 is 10.4 Å². The standard InChI is InChI=1S/C12H11F3N2O2/c1-7-3-4-9(8(5-7)6-16)17-11(2,10(18)19)12(13,14)15/h3-5,17H,1-2H3,(H,18,19). The highest BCUT2D eigenvalue weighted by molar-refractivity contribution is 5.84. The van der Waals surface area contributed by atoms with Gasteiger partial charge in [-0.05, 0) is 31.5 Å². The van der Waals surface area contributed by atoms with Gasteiger partial charge in [0.15, 0.2) is 0 Å². The van der Waals surface area contributed by atoms with Gasteiger partial charge in [0.05, 0.1) is 11.3 Å². The first-order valence-corrected chi connectivity index (χ1v) is 5.21. The minimum absolute atomic E-state index is 0.0447. The van der Waals surface area contributed by atoms with Crippen molar-refractivity contribution in [2.75, 3.05) is 5.32 Å². The molecular formula is C12H11F3N2O2. The Morgan fingerprint density at radius 1 is 1.42 bits per heavy atom. The van der Waals surface area contributed by atoms with Crippen molar-refractivity contribution in [3.05, 3.63) is 29.3 Å². The van der Waals surface area contributed by atoms with Gasteiger partial charge in [0, 0.05) is 0 Å². The van der Waals surface area contributed by atoms with Crippen molar-refractivity contribution in [2.24, 2.45) is 0 Å². The second kappa shape index (κ2) is 4.80. The average molecular weight is 272 g/mol. The lowest BCUT2D eigenvalue weighted by Gasteiger charge is -2.30. The highest BCUT2D eigenvalue weighted by atomic mass is 19.4. The van der Waals surface area contributed by atoms with E-state index < -0.39 is 17.7 Å². The Labute approximate surface area is 107 Å². The summed E-state index contributed by atoms with van der Waals surface area (Å²) in [5.74, 6) is -2.07. The quantitative estimate of drug-likeness (QED) is 0.887. The Morgan fingerprint density at radius 2 is 2.00 bits per heavy atom. The molecular weight excluding hydrogens is 261 g/mol. The zero-order chi connectivity index (χ0) is 14.8. The predicted molar refractivity (Wildman–Crippen MR) is 61.6 cm³/mol. The van der Waals surface area contributed by atoms with E-state index >= 15 is 0 Å². The van der Waals surface area contributed by atoms with Crippen LogP contribution in [0, 0.1) is 18.3 Å². The fourth-order valence-corrected chi connectivity index (χ4v) is 1.37. The molecule has 0 radical (unpaired) electrons. The number of nitrogens with zero attached hydrogens (tertiary/aromatic N) is 1. The van der Waals surface area contributed by atoms with Gasteiger partial charge in [0.1, 0.15) is 6.07 Å². The monoisotopic (exact) mass is 272 g/mol. The number of rotatable bonds is 3. The Hall–Kier alpha value is -2.23. The molecule has 0 aliphatic rings. The molecule has 4 nitrogen and oxygen atoms in total. The summed E-state index contributed by atoms with van der Waals surface area (Å²) in [6.45, 7) is 2.18. The first kappa shape index (κ1) is 14.8. The number of aliphatic carboxylic acids is 1. The van der Waals surface area contributed by atoms with Crippen LogP contribution in [0.4, 0.5) is 18.9 Å². The van der Waals surface area contributed by atoms with Gasteiger partial charge in [0.25, 0.3) is 0 Å². The summed E-state index contributed by atoms with van der Waals surface area (Å²) in [5, 5.41) is 19.5. The number of aryl methyl sites for hydroxylation is 1. The molecule has 0 saturated carbocycles. The molecule has 1 aromatic rings. The van der Waals surface area contributed by atoms with Crippen LogP contribution >= 0.6 is 0 Å². The Morgan fingerprint density at radius 3 is 2.42 bits per heavy atom. The summed E-state index contributed by atoms with van der Waals surface area (Å²) in [7, 11) is 0. The van der Waals surface area contributed by atoms with Gasteiger partial charge in [-0.3, -0.25) is 0 Å². The fraction of sp³-hybridized carbons (Fsp3) is 0.333. The summed E-state index contributed by atoms with van der Waals surface area (Å²) >= 11 is 0. The largest absolute Gasteiger partial charge is 0.479 e. The molecule has 0 amide bonds. The molecule has 7 heteroatoms. The Balaban J connectivity index is 3.27. The number of benzene rings is 1. The second-order valence-corrected chi connectivity index (χ2v) is 4.21. The van der Waals surface area contributed by atoms with Gasteiger partial charge in [-0.25, -0.2) is 4.79 Å². The van der Waals surface area contributed by atoms with Crippen LogP contribution in [0.1, 0.15) is 18.1 Å². The van der Waals surface area contributed by atoms with E-state index in [9.17, 15) is 18.0 Å². The first-order valence-electron chi connectivity index (χ1n) is 5.21. The smallest absolute Gasteiger partial charge is 0.422 e. The molecule has 19 heavy (non-hydrogen) atoms. The maximum absolute atomic E-state index is 12.8. The van der Waals surface area contributed by atoms with Gasteiger partial charge in [-0.15, -0.1) is 0 Å². The SMILES string of the molecule is Cc1ccc(NC(C)(C(=O)O)C(F)(F)F)c(C#N)c1. The van der Waals surface area contributed by atoms with Crippen LogP contribution in [-0.2, 0) is 4.79 Å². The summed E-state index contributed by atoms with van der Waals surface area (Å²) in [6, 6.07) is 5.84. The summed E-state index contributed by atoms with van der Waals surface area (Å²) in [6.07, 6.45) is -5.00. The lowest BCUT2D eigenvalue weighted by molar-refractivity contribution is -0.192. The number of hydrogen-bond acceptors (Lipinski definition) is 3. The summed E-state index contributed by atoms with van der Waals surface area (Å²) < 4.78 is 38.5. The molecule has 0 aliphatic heterocycles. The maximum atomic E-state index is 12.8.